The monoisotopic (exact) mass is 335 g/mol. The molecule has 1 heterocycles. The van der Waals surface area contributed by atoms with Gasteiger partial charge in [0.25, 0.3) is 0 Å². The van der Waals surface area contributed by atoms with Crippen LogP contribution in [0.5, 0.6) is 0 Å². The van der Waals surface area contributed by atoms with E-state index in [-0.39, 0.29) is 24.1 Å². The third-order valence-corrected chi connectivity index (χ3v) is 3.62. The second-order valence-electron chi connectivity index (χ2n) is 5.49. The van der Waals surface area contributed by atoms with E-state index in [1.54, 1.807) is 6.07 Å². The minimum absolute atomic E-state index is 0.0975. The molecule has 0 radical (unpaired) electrons. The lowest BCUT2D eigenvalue weighted by molar-refractivity contribution is -0.122. The average Bonchev–Trinajstić information content (AvgIpc) is 2.97. The van der Waals surface area contributed by atoms with Gasteiger partial charge >= 0.3 is 5.97 Å². The number of carboxylic acids is 1. The van der Waals surface area contributed by atoms with Crippen LogP contribution in [0.4, 0.5) is 0 Å². The van der Waals surface area contributed by atoms with Gasteiger partial charge in [0.1, 0.15) is 5.76 Å². The van der Waals surface area contributed by atoms with Crippen LogP contribution in [-0.2, 0) is 17.8 Å². The summed E-state index contributed by atoms with van der Waals surface area (Å²) in [7, 11) is 0. The number of hydrogen-bond donors (Lipinski definition) is 2. The molecule has 2 rings (SSSR count). The Morgan fingerprint density at radius 1 is 1.22 bits per heavy atom. The minimum Gasteiger partial charge on any atom is -0.475 e. The molecule has 0 spiro atoms. The average molecular weight is 336 g/mol. The van der Waals surface area contributed by atoms with Gasteiger partial charge in [0, 0.05) is 11.4 Å². The van der Waals surface area contributed by atoms with Crippen LogP contribution in [0.2, 0.25) is 5.02 Å². The lowest BCUT2D eigenvalue weighted by atomic mass is 9.98. The van der Waals surface area contributed by atoms with E-state index in [2.05, 4.69) is 5.32 Å². The van der Waals surface area contributed by atoms with Crippen molar-refractivity contribution in [3.8, 4) is 0 Å². The molecule has 0 aliphatic carbocycles. The number of benzene rings is 1. The van der Waals surface area contributed by atoms with E-state index in [0.717, 1.165) is 12.0 Å². The molecule has 0 aliphatic heterocycles. The van der Waals surface area contributed by atoms with Crippen LogP contribution >= 0.6 is 11.6 Å². The molecule has 2 N–H and O–H groups in total. The Balaban J connectivity index is 1.77. The zero-order valence-electron chi connectivity index (χ0n) is 12.7. The molecular formula is C17H18ClNO4. The summed E-state index contributed by atoms with van der Waals surface area (Å²) in [5.74, 6) is -0.757. The van der Waals surface area contributed by atoms with Gasteiger partial charge in [-0.2, -0.15) is 0 Å². The highest BCUT2D eigenvalue weighted by molar-refractivity contribution is 6.30. The van der Waals surface area contributed by atoms with Crippen LogP contribution in [0.3, 0.4) is 0 Å². The zero-order valence-corrected chi connectivity index (χ0v) is 13.5. The summed E-state index contributed by atoms with van der Waals surface area (Å²) in [6.07, 6.45) is 1.17. The second kappa shape index (κ2) is 7.83. The largest absolute Gasteiger partial charge is 0.475 e. The number of furan rings is 1. The van der Waals surface area contributed by atoms with Crippen molar-refractivity contribution in [3.63, 3.8) is 0 Å². The predicted molar refractivity (Wildman–Crippen MR) is 86.5 cm³/mol. The minimum atomic E-state index is -1.13. The van der Waals surface area contributed by atoms with Crippen molar-refractivity contribution in [3.05, 3.63) is 58.5 Å². The Morgan fingerprint density at radius 3 is 2.52 bits per heavy atom. The van der Waals surface area contributed by atoms with Gasteiger partial charge in [-0.3, -0.25) is 4.79 Å². The number of nitrogens with one attached hydrogen (secondary N) is 1. The highest BCUT2D eigenvalue weighted by atomic mass is 35.5. The summed E-state index contributed by atoms with van der Waals surface area (Å²) >= 11 is 5.84. The summed E-state index contributed by atoms with van der Waals surface area (Å²) in [4.78, 5) is 22.6. The molecule has 0 saturated heterocycles. The molecule has 23 heavy (non-hydrogen) atoms. The van der Waals surface area contributed by atoms with Gasteiger partial charge in [0.15, 0.2) is 0 Å². The van der Waals surface area contributed by atoms with Crippen molar-refractivity contribution in [1.29, 1.82) is 0 Å². The molecule has 2 aromatic rings. The Labute approximate surface area is 139 Å². The topological polar surface area (TPSA) is 79.5 Å². The normalized spacial score (nSPS) is 11.9. The molecule has 1 unspecified atom stereocenters. The number of hydrogen-bond acceptors (Lipinski definition) is 3. The maximum atomic E-state index is 11.9. The molecule has 1 amide bonds. The van der Waals surface area contributed by atoms with Crippen molar-refractivity contribution in [2.75, 3.05) is 0 Å². The van der Waals surface area contributed by atoms with Gasteiger partial charge in [-0.05, 0) is 42.2 Å². The van der Waals surface area contributed by atoms with Gasteiger partial charge in [0.05, 0.1) is 6.54 Å². The first kappa shape index (κ1) is 17.1. The van der Waals surface area contributed by atoms with Crippen molar-refractivity contribution in [2.45, 2.75) is 26.3 Å². The Bertz CT molecular complexity index is 678. The number of carbonyl (C=O) groups excluding carboxylic acids is 1. The molecule has 6 heteroatoms. The molecule has 1 aromatic heterocycles. The summed E-state index contributed by atoms with van der Waals surface area (Å²) in [5.41, 5.74) is 1.13. The fourth-order valence-electron chi connectivity index (χ4n) is 2.26. The molecule has 122 valence electrons. The van der Waals surface area contributed by atoms with Gasteiger partial charge in [-0.1, -0.05) is 30.7 Å². The van der Waals surface area contributed by atoms with Crippen LogP contribution in [-0.4, -0.2) is 17.0 Å². The quantitative estimate of drug-likeness (QED) is 0.811. The zero-order chi connectivity index (χ0) is 16.8. The summed E-state index contributed by atoms with van der Waals surface area (Å²) in [5, 5.41) is 12.2. The van der Waals surface area contributed by atoms with Gasteiger partial charge in [0.2, 0.25) is 11.7 Å². The Kier molecular flexibility index (Phi) is 5.82. The van der Waals surface area contributed by atoms with Crippen LogP contribution < -0.4 is 5.32 Å². The maximum Gasteiger partial charge on any atom is 0.371 e. The molecule has 0 fully saturated rings. The van der Waals surface area contributed by atoms with E-state index < -0.39 is 5.97 Å². The summed E-state index contributed by atoms with van der Waals surface area (Å²) < 4.78 is 5.08. The third-order valence-electron chi connectivity index (χ3n) is 3.36. The molecule has 0 bridgehead atoms. The fourth-order valence-corrected chi connectivity index (χ4v) is 2.38. The number of rotatable bonds is 7. The van der Waals surface area contributed by atoms with Gasteiger partial charge in [-0.15, -0.1) is 0 Å². The SMILES string of the molecule is CC(CC(=O)NCc1ccc(C(=O)O)o1)Cc1ccc(Cl)cc1. The molecule has 5 nitrogen and oxygen atoms in total. The van der Waals surface area contributed by atoms with E-state index in [9.17, 15) is 9.59 Å². The number of carboxylic acid groups (broad SMARTS) is 1. The number of amides is 1. The highest BCUT2D eigenvalue weighted by Gasteiger charge is 2.12. The fraction of sp³-hybridized carbons (Fsp3) is 0.294. The van der Waals surface area contributed by atoms with Gasteiger partial charge < -0.3 is 14.8 Å². The van der Waals surface area contributed by atoms with Crippen LogP contribution in [0.1, 0.15) is 35.2 Å². The standard InChI is InChI=1S/C17H18ClNO4/c1-11(8-12-2-4-13(18)5-3-12)9-16(20)19-10-14-6-7-15(23-14)17(21)22/h2-7,11H,8-10H2,1H3,(H,19,20)(H,21,22). The van der Waals surface area contributed by atoms with E-state index >= 15 is 0 Å². The highest BCUT2D eigenvalue weighted by Crippen LogP contribution is 2.15. The molecule has 1 aromatic carbocycles. The van der Waals surface area contributed by atoms with Crippen molar-refractivity contribution >= 4 is 23.5 Å². The first-order valence-corrected chi connectivity index (χ1v) is 7.65. The maximum absolute atomic E-state index is 11.9. The smallest absolute Gasteiger partial charge is 0.371 e. The first-order valence-electron chi connectivity index (χ1n) is 7.27. The van der Waals surface area contributed by atoms with Crippen LogP contribution in [0, 0.1) is 5.92 Å². The predicted octanol–water partition coefficient (Wildman–Crippen LogP) is 3.52. The number of halogens is 1. The van der Waals surface area contributed by atoms with E-state index in [0.29, 0.717) is 17.2 Å². The lowest BCUT2D eigenvalue weighted by Crippen LogP contribution is -2.24. The van der Waals surface area contributed by atoms with Crippen molar-refractivity contribution < 1.29 is 19.1 Å². The lowest BCUT2D eigenvalue weighted by Gasteiger charge is -2.11. The molecule has 0 aliphatic rings. The summed E-state index contributed by atoms with van der Waals surface area (Å²) in [6.45, 7) is 2.18. The number of aromatic carboxylic acids is 1. The van der Waals surface area contributed by atoms with Crippen molar-refractivity contribution in [2.24, 2.45) is 5.92 Å². The number of carbonyl (C=O) groups is 2. The van der Waals surface area contributed by atoms with E-state index in [1.165, 1.54) is 6.07 Å². The third kappa shape index (κ3) is 5.45. The summed E-state index contributed by atoms with van der Waals surface area (Å²) in [6, 6.07) is 10.5. The van der Waals surface area contributed by atoms with Crippen LogP contribution in [0.25, 0.3) is 0 Å². The molecule has 0 saturated carbocycles. The second-order valence-corrected chi connectivity index (χ2v) is 5.92. The Hall–Kier alpha value is -2.27. The first-order chi connectivity index (χ1) is 10.9. The molecule has 1 atom stereocenters. The molecular weight excluding hydrogens is 318 g/mol. The van der Waals surface area contributed by atoms with E-state index in [1.807, 2.05) is 31.2 Å². The van der Waals surface area contributed by atoms with Crippen molar-refractivity contribution in [1.82, 2.24) is 5.32 Å². The Morgan fingerprint density at radius 2 is 1.91 bits per heavy atom. The van der Waals surface area contributed by atoms with Gasteiger partial charge in [-0.25, -0.2) is 4.79 Å². The van der Waals surface area contributed by atoms with E-state index in [4.69, 9.17) is 21.1 Å². The van der Waals surface area contributed by atoms with Crippen LogP contribution in [0.15, 0.2) is 40.8 Å².